The van der Waals surface area contributed by atoms with E-state index in [9.17, 15) is 8.42 Å². The Hall–Kier alpha value is -1.69. The van der Waals surface area contributed by atoms with Gasteiger partial charge in [-0.05, 0) is 28.7 Å². The third kappa shape index (κ3) is 3.15. The maximum Gasteiger partial charge on any atom is 0.210 e. The summed E-state index contributed by atoms with van der Waals surface area (Å²) in [5.74, 6) is -0.0617. The van der Waals surface area contributed by atoms with E-state index < -0.39 is 10.0 Å². The van der Waals surface area contributed by atoms with E-state index in [4.69, 9.17) is 5.14 Å². The largest absolute Gasteiger partial charge is 0.305 e. The van der Waals surface area contributed by atoms with Crippen molar-refractivity contribution in [2.75, 3.05) is 12.3 Å². The number of rotatable bonds is 4. The normalized spacial score (nSPS) is 14.5. The van der Waals surface area contributed by atoms with Crippen molar-refractivity contribution in [2.24, 2.45) is 5.14 Å². The van der Waals surface area contributed by atoms with Gasteiger partial charge in [0.25, 0.3) is 0 Å². The zero-order valence-corrected chi connectivity index (χ0v) is 12.4. The van der Waals surface area contributed by atoms with E-state index >= 15 is 0 Å². The van der Waals surface area contributed by atoms with Crippen LogP contribution in [-0.4, -0.2) is 20.7 Å². The summed E-state index contributed by atoms with van der Waals surface area (Å²) in [4.78, 5) is 0. The Bertz CT molecular complexity index is 711. The van der Waals surface area contributed by atoms with Gasteiger partial charge in [-0.1, -0.05) is 48.5 Å². The Morgan fingerprint density at radius 1 is 1.00 bits per heavy atom. The third-order valence-corrected chi connectivity index (χ3v) is 4.62. The van der Waals surface area contributed by atoms with E-state index in [0.29, 0.717) is 6.54 Å². The smallest absolute Gasteiger partial charge is 0.210 e. The first kappa shape index (κ1) is 14.3. The summed E-state index contributed by atoms with van der Waals surface area (Å²) in [6, 6.07) is 16.6. The average Bonchev–Trinajstić information content (AvgIpc) is 2.45. The minimum Gasteiger partial charge on any atom is -0.305 e. The zero-order valence-electron chi connectivity index (χ0n) is 11.6. The predicted octanol–water partition coefficient (Wildman–Crippen LogP) is 1.56. The fourth-order valence-corrected chi connectivity index (χ4v) is 3.29. The fourth-order valence-electron chi connectivity index (χ4n) is 2.89. The fraction of sp³-hybridized carbons (Fsp3) is 0.250. The number of nitrogens with two attached hydrogens (primary N) is 1. The molecule has 1 aliphatic carbocycles. The standard InChI is InChI=1S/C16H18N2O2S/c17-21(19,20)10-9-18-16-14-7-3-1-5-12(14)11-13-6-2-4-8-15(13)16/h1-8,16,18H,9-11H2,(H2,17,19,20). The highest BCUT2D eigenvalue weighted by Gasteiger charge is 2.24. The van der Waals surface area contributed by atoms with Crippen molar-refractivity contribution in [3.63, 3.8) is 0 Å². The van der Waals surface area contributed by atoms with Gasteiger partial charge >= 0.3 is 0 Å². The Morgan fingerprint density at radius 2 is 1.52 bits per heavy atom. The quantitative estimate of drug-likeness (QED) is 0.900. The lowest BCUT2D eigenvalue weighted by molar-refractivity contribution is 0.579. The predicted molar refractivity (Wildman–Crippen MR) is 83.5 cm³/mol. The highest BCUT2D eigenvalue weighted by molar-refractivity contribution is 7.89. The lowest BCUT2D eigenvalue weighted by Gasteiger charge is -2.29. The molecule has 3 N–H and O–H groups in total. The van der Waals surface area contributed by atoms with Crippen LogP contribution in [0.15, 0.2) is 48.5 Å². The molecule has 0 radical (unpaired) electrons. The minimum absolute atomic E-state index is 0.0212. The van der Waals surface area contributed by atoms with Crippen LogP contribution in [0, 0.1) is 0 Å². The van der Waals surface area contributed by atoms with E-state index in [-0.39, 0.29) is 11.8 Å². The molecular formula is C16H18N2O2S. The Morgan fingerprint density at radius 3 is 2.05 bits per heavy atom. The second kappa shape index (κ2) is 5.60. The van der Waals surface area contributed by atoms with Crippen LogP contribution in [0.25, 0.3) is 0 Å². The molecule has 0 atom stereocenters. The maximum atomic E-state index is 11.1. The first-order chi connectivity index (χ1) is 10.0. The summed E-state index contributed by atoms with van der Waals surface area (Å²) in [7, 11) is -3.44. The van der Waals surface area contributed by atoms with Gasteiger partial charge in [0.15, 0.2) is 0 Å². The maximum absolute atomic E-state index is 11.1. The number of hydrogen-bond donors (Lipinski definition) is 2. The molecule has 0 amide bonds. The second-order valence-electron chi connectivity index (χ2n) is 5.33. The van der Waals surface area contributed by atoms with Gasteiger partial charge in [0.05, 0.1) is 11.8 Å². The van der Waals surface area contributed by atoms with Crippen LogP contribution in [0.3, 0.4) is 0 Å². The van der Waals surface area contributed by atoms with E-state index in [0.717, 1.165) is 6.42 Å². The van der Waals surface area contributed by atoms with Gasteiger partial charge in [-0.15, -0.1) is 0 Å². The van der Waals surface area contributed by atoms with Gasteiger partial charge in [-0.2, -0.15) is 0 Å². The summed E-state index contributed by atoms with van der Waals surface area (Å²) < 4.78 is 22.2. The molecule has 5 heteroatoms. The molecule has 2 aromatic carbocycles. The van der Waals surface area contributed by atoms with Crippen LogP contribution in [0.2, 0.25) is 0 Å². The van der Waals surface area contributed by atoms with Gasteiger partial charge in [-0.3, -0.25) is 0 Å². The Kier molecular flexibility index (Phi) is 3.80. The van der Waals surface area contributed by atoms with Crippen molar-refractivity contribution in [3.05, 3.63) is 70.8 Å². The SMILES string of the molecule is NS(=O)(=O)CCNC1c2ccccc2Cc2ccccc21. The molecule has 3 rings (SSSR count). The number of benzene rings is 2. The van der Waals surface area contributed by atoms with E-state index in [1.54, 1.807) is 0 Å². The molecular weight excluding hydrogens is 284 g/mol. The Balaban J connectivity index is 1.91. The van der Waals surface area contributed by atoms with E-state index in [1.807, 2.05) is 24.3 Å². The van der Waals surface area contributed by atoms with Gasteiger partial charge in [0.2, 0.25) is 10.0 Å². The van der Waals surface area contributed by atoms with Crippen molar-refractivity contribution in [1.29, 1.82) is 0 Å². The van der Waals surface area contributed by atoms with E-state index in [1.165, 1.54) is 22.3 Å². The van der Waals surface area contributed by atoms with Crippen LogP contribution in [-0.2, 0) is 16.4 Å². The molecule has 21 heavy (non-hydrogen) atoms. The molecule has 0 heterocycles. The first-order valence-corrected chi connectivity index (χ1v) is 8.65. The molecule has 0 unspecified atom stereocenters. The van der Waals surface area contributed by atoms with Crippen LogP contribution < -0.4 is 10.5 Å². The molecule has 110 valence electrons. The highest BCUT2D eigenvalue weighted by atomic mass is 32.2. The Labute approximate surface area is 125 Å². The van der Waals surface area contributed by atoms with Crippen LogP contribution in [0.4, 0.5) is 0 Å². The van der Waals surface area contributed by atoms with E-state index in [2.05, 4.69) is 29.6 Å². The molecule has 2 aromatic rings. The summed E-state index contributed by atoms with van der Waals surface area (Å²) in [6.45, 7) is 0.339. The molecule has 1 aliphatic rings. The van der Waals surface area contributed by atoms with Crippen molar-refractivity contribution >= 4 is 10.0 Å². The highest BCUT2D eigenvalue weighted by Crippen LogP contribution is 2.34. The summed E-state index contributed by atoms with van der Waals surface area (Å²) in [6.07, 6.45) is 0.916. The summed E-state index contributed by atoms with van der Waals surface area (Å²) >= 11 is 0. The molecule has 0 aliphatic heterocycles. The minimum atomic E-state index is -3.44. The van der Waals surface area contributed by atoms with Gasteiger partial charge in [0, 0.05) is 6.54 Å². The number of sulfonamides is 1. The van der Waals surface area contributed by atoms with Crippen LogP contribution in [0.1, 0.15) is 28.3 Å². The second-order valence-corrected chi connectivity index (χ2v) is 7.06. The third-order valence-electron chi connectivity index (χ3n) is 3.85. The number of fused-ring (bicyclic) bond motifs is 2. The topological polar surface area (TPSA) is 72.2 Å². The zero-order chi connectivity index (χ0) is 14.9. The van der Waals surface area contributed by atoms with Gasteiger partial charge < -0.3 is 5.32 Å². The molecule has 0 aromatic heterocycles. The van der Waals surface area contributed by atoms with Crippen molar-refractivity contribution in [2.45, 2.75) is 12.5 Å². The lowest BCUT2D eigenvalue weighted by atomic mass is 9.82. The van der Waals surface area contributed by atoms with Crippen LogP contribution in [0.5, 0.6) is 0 Å². The summed E-state index contributed by atoms with van der Waals surface area (Å²) in [5.41, 5.74) is 4.99. The van der Waals surface area contributed by atoms with Gasteiger partial charge in [-0.25, -0.2) is 13.6 Å². The molecule has 4 nitrogen and oxygen atoms in total. The monoisotopic (exact) mass is 302 g/mol. The average molecular weight is 302 g/mol. The van der Waals surface area contributed by atoms with Crippen LogP contribution >= 0.6 is 0 Å². The van der Waals surface area contributed by atoms with Crippen molar-refractivity contribution in [3.8, 4) is 0 Å². The number of hydrogen-bond acceptors (Lipinski definition) is 3. The molecule has 0 bridgehead atoms. The van der Waals surface area contributed by atoms with Gasteiger partial charge in [0.1, 0.15) is 0 Å². The molecule has 0 saturated heterocycles. The molecule has 0 spiro atoms. The number of nitrogens with one attached hydrogen (secondary N) is 1. The molecule has 0 fully saturated rings. The first-order valence-electron chi connectivity index (χ1n) is 6.94. The van der Waals surface area contributed by atoms with Crippen molar-refractivity contribution in [1.82, 2.24) is 5.32 Å². The lowest BCUT2D eigenvalue weighted by Crippen LogP contribution is -2.32. The molecule has 0 saturated carbocycles. The van der Waals surface area contributed by atoms with Crippen molar-refractivity contribution < 1.29 is 8.42 Å². The number of primary sulfonamides is 1. The summed E-state index contributed by atoms with van der Waals surface area (Å²) in [5, 5.41) is 8.40.